The van der Waals surface area contributed by atoms with Crippen molar-refractivity contribution in [2.75, 3.05) is 0 Å². The normalized spacial score (nSPS) is 13.0. The Morgan fingerprint density at radius 1 is 1.14 bits per heavy atom. The van der Waals surface area contributed by atoms with Gasteiger partial charge in [-0.15, -0.1) is 0 Å². The Hall–Kier alpha value is -2.86. The van der Waals surface area contributed by atoms with Gasteiger partial charge in [0.1, 0.15) is 6.04 Å². The highest BCUT2D eigenvalue weighted by Crippen LogP contribution is 2.12. The summed E-state index contributed by atoms with van der Waals surface area (Å²) in [6.45, 7) is 3.43. The molecule has 0 fully saturated rings. The zero-order valence-electron chi connectivity index (χ0n) is 15.7. The largest absolute Gasteiger partial charge is 0.480 e. The minimum atomic E-state index is -4.02. The lowest BCUT2D eigenvalue weighted by molar-refractivity contribution is -0.384. The summed E-state index contributed by atoms with van der Waals surface area (Å²) in [4.78, 5) is 20.7. The molecule has 4 N–H and O–H groups in total. The summed E-state index contributed by atoms with van der Waals surface area (Å²) in [5, 5.41) is 31.2. The Morgan fingerprint density at radius 3 is 2.03 bits per heavy atom. The molecule has 2 aromatic carbocycles. The highest BCUT2D eigenvalue weighted by atomic mass is 32.2. The molecule has 158 valence electrons. The predicted octanol–water partition coefficient (Wildman–Crippen LogP) is 1.76. The number of nitrogens with one attached hydrogen (secondary N) is 1. The number of benzene rings is 2. The third-order valence-corrected chi connectivity index (χ3v) is 4.61. The van der Waals surface area contributed by atoms with E-state index in [-0.39, 0.29) is 17.1 Å². The Balaban J connectivity index is 0.000000326. The fraction of sp³-hybridized carbons (Fsp3) is 0.278. The average molecular weight is 426 g/mol. The molecule has 0 spiro atoms. The number of aliphatic hydroxyl groups excluding tert-OH is 1. The van der Waals surface area contributed by atoms with E-state index in [1.165, 1.54) is 43.3 Å². The number of nitrogens with zero attached hydrogens (tertiary/aromatic N) is 1. The van der Waals surface area contributed by atoms with Crippen LogP contribution in [-0.4, -0.2) is 46.2 Å². The smallest absolute Gasteiger partial charge is 0.323 e. The zero-order valence-corrected chi connectivity index (χ0v) is 16.5. The van der Waals surface area contributed by atoms with Crippen molar-refractivity contribution in [1.29, 1.82) is 0 Å². The Kier molecular flexibility index (Phi) is 8.85. The molecule has 2 atom stereocenters. The maximum Gasteiger partial charge on any atom is 0.323 e. The van der Waals surface area contributed by atoms with Crippen molar-refractivity contribution < 1.29 is 32.9 Å². The Bertz CT molecular complexity index is 925. The van der Waals surface area contributed by atoms with Gasteiger partial charge >= 0.3 is 5.97 Å². The van der Waals surface area contributed by atoms with E-state index in [1.807, 2.05) is 6.92 Å². The second-order valence-corrected chi connectivity index (χ2v) is 7.57. The lowest BCUT2D eigenvalue weighted by atomic mass is 10.1. The van der Waals surface area contributed by atoms with Crippen LogP contribution >= 0.6 is 0 Å². The molecule has 29 heavy (non-hydrogen) atoms. The van der Waals surface area contributed by atoms with Crippen LogP contribution in [0, 0.1) is 17.0 Å². The summed E-state index contributed by atoms with van der Waals surface area (Å²) in [6.07, 6.45) is -1.03. The second kappa shape index (κ2) is 10.6. The minimum Gasteiger partial charge on any atom is -0.480 e. The minimum absolute atomic E-state index is 0.0240. The van der Waals surface area contributed by atoms with Crippen LogP contribution in [0.1, 0.15) is 18.1 Å². The molecule has 0 aromatic heterocycles. The van der Waals surface area contributed by atoms with E-state index in [0.717, 1.165) is 5.56 Å². The number of aliphatic hydroxyl groups is 1. The highest BCUT2D eigenvalue weighted by molar-refractivity contribution is 7.85. The predicted molar refractivity (Wildman–Crippen MR) is 104 cm³/mol. The molecule has 0 radical (unpaired) electrons. The van der Waals surface area contributed by atoms with Crippen LogP contribution in [0.2, 0.25) is 0 Å². The fourth-order valence-electron chi connectivity index (χ4n) is 2.14. The number of nitro benzene ring substituents is 1. The maximum absolute atomic E-state index is 10.8. The maximum atomic E-state index is 10.8. The number of rotatable bonds is 7. The van der Waals surface area contributed by atoms with Gasteiger partial charge in [-0.25, -0.2) is 0 Å². The van der Waals surface area contributed by atoms with Gasteiger partial charge in [0.2, 0.25) is 0 Å². The monoisotopic (exact) mass is 426 g/mol. The van der Waals surface area contributed by atoms with Crippen LogP contribution in [-0.2, 0) is 21.5 Å². The van der Waals surface area contributed by atoms with Crippen molar-refractivity contribution in [2.45, 2.75) is 37.4 Å². The number of carboxylic acid groups (broad SMARTS) is 1. The first kappa shape index (κ1) is 24.2. The summed E-state index contributed by atoms with van der Waals surface area (Å²) in [6, 6.07) is 10.7. The van der Waals surface area contributed by atoms with Crippen LogP contribution in [0.3, 0.4) is 0 Å². The molecule has 10 nitrogen and oxygen atoms in total. The van der Waals surface area contributed by atoms with Crippen molar-refractivity contribution in [3.63, 3.8) is 0 Å². The third-order valence-electron chi connectivity index (χ3n) is 3.74. The summed E-state index contributed by atoms with van der Waals surface area (Å²) >= 11 is 0. The van der Waals surface area contributed by atoms with Gasteiger partial charge in [0, 0.05) is 18.7 Å². The van der Waals surface area contributed by atoms with Gasteiger partial charge < -0.3 is 10.2 Å². The second-order valence-electron chi connectivity index (χ2n) is 6.15. The van der Waals surface area contributed by atoms with Gasteiger partial charge in [0.05, 0.1) is 15.9 Å². The third kappa shape index (κ3) is 8.35. The van der Waals surface area contributed by atoms with Crippen molar-refractivity contribution in [1.82, 2.24) is 5.32 Å². The standard InChI is InChI=1S/C11H14N2O5.C7H8O3S/c1-7(14)10(11(15)16)12-6-8-2-4-9(5-3-8)13(17)18;1-6-2-4-7(5-3-6)11(8,9)10/h2-5,7,10,12,14H,6H2,1H3,(H,15,16);2-5H,1H3,(H,8,9,10)/t7?,10-;/m0./s1. The quantitative estimate of drug-likeness (QED) is 0.293. The van der Waals surface area contributed by atoms with E-state index in [0.29, 0.717) is 5.56 Å². The summed E-state index contributed by atoms with van der Waals surface area (Å²) in [5.41, 5.74) is 1.63. The molecule has 11 heteroatoms. The number of nitro groups is 1. The molecular weight excluding hydrogens is 404 g/mol. The van der Waals surface area contributed by atoms with Gasteiger partial charge in [-0.2, -0.15) is 8.42 Å². The van der Waals surface area contributed by atoms with Crippen LogP contribution in [0.25, 0.3) is 0 Å². The SMILES string of the molecule is CC(O)[C@H](NCc1ccc([N+](=O)[O-])cc1)C(=O)O.Cc1ccc(S(=O)(=O)O)cc1. The van der Waals surface area contributed by atoms with Crippen molar-refractivity contribution in [2.24, 2.45) is 0 Å². The molecule has 0 amide bonds. The van der Waals surface area contributed by atoms with Gasteiger partial charge in [0.15, 0.2) is 0 Å². The lowest BCUT2D eigenvalue weighted by Gasteiger charge is -2.16. The first-order valence-electron chi connectivity index (χ1n) is 8.33. The Labute approximate surface area is 167 Å². The van der Waals surface area contributed by atoms with Crippen LogP contribution in [0.15, 0.2) is 53.4 Å². The molecular formula is C18H22N2O8S. The molecule has 0 saturated carbocycles. The van der Waals surface area contributed by atoms with E-state index in [2.05, 4.69) is 5.32 Å². The molecule has 0 saturated heterocycles. The number of carbonyl (C=O) groups is 1. The number of aliphatic carboxylic acids is 1. The Morgan fingerprint density at radius 2 is 1.66 bits per heavy atom. The number of non-ortho nitro benzene ring substituents is 1. The van der Waals surface area contributed by atoms with E-state index in [4.69, 9.17) is 9.66 Å². The summed E-state index contributed by atoms with van der Waals surface area (Å²) in [7, 11) is -4.02. The molecule has 0 heterocycles. The molecule has 1 unspecified atom stereocenters. The molecule has 0 aliphatic carbocycles. The molecule has 0 aliphatic heterocycles. The zero-order chi connectivity index (χ0) is 22.2. The summed E-state index contributed by atoms with van der Waals surface area (Å²) in [5.74, 6) is -1.15. The fourth-order valence-corrected chi connectivity index (χ4v) is 2.62. The van der Waals surface area contributed by atoms with Crippen molar-refractivity contribution >= 4 is 21.8 Å². The van der Waals surface area contributed by atoms with Crippen molar-refractivity contribution in [3.05, 3.63) is 69.8 Å². The number of hydrogen-bond acceptors (Lipinski definition) is 7. The molecule has 0 bridgehead atoms. The van der Waals surface area contributed by atoms with E-state index < -0.39 is 33.2 Å². The highest BCUT2D eigenvalue weighted by Gasteiger charge is 2.22. The van der Waals surface area contributed by atoms with Gasteiger partial charge in [-0.3, -0.25) is 24.8 Å². The van der Waals surface area contributed by atoms with Crippen LogP contribution < -0.4 is 5.32 Å². The molecule has 0 aliphatic rings. The van der Waals surface area contributed by atoms with E-state index >= 15 is 0 Å². The first-order chi connectivity index (χ1) is 13.4. The van der Waals surface area contributed by atoms with Gasteiger partial charge in [-0.1, -0.05) is 29.8 Å². The van der Waals surface area contributed by atoms with Gasteiger partial charge in [0.25, 0.3) is 15.8 Å². The summed E-state index contributed by atoms with van der Waals surface area (Å²) < 4.78 is 29.6. The van der Waals surface area contributed by atoms with Crippen molar-refractivity contribution in [3.8, 4) is 0 Å². The van der Waals surface area contributed by atoms with E-state index in [1.54, 1.807) is 12.1 Å². The molecule has 2 rings (SSSR count). The average Bonchev–Trinajstić information content (AvgIpc) is 2.62. The van der Waals surface area contributed by atoms with E-state index in [9.17, 15) is 28.4 Å². The topological polar surface area (TPSA) is 167 Å². The lowest BCUT2D eigenvalue weighted by Crippen LogP contribution is -2.44. The number of carboxylic acids is 1. The van der Waals surface area contributed by atoms with Crippen LogP contribution in [0.5, 0.6) is 0 Å². The van der Waals surface area contributed by atoms with Gasteiger partial charge in [-0.05, 0) is 31.5 Å². The number of hydrogen-bond donors (Lipinski definition) is 4. The molecule has 2 aromatic rings. The van der Waals surface area contributed by atoms with Crippen LogP contribution in [0.4, 0.5) is 5.69 Å². The number of aryl methyl sites for hydroxylation is 1. The first-order valence-corrected chi connectivity index (χ1v) is 9.77.